The predicted octanol–water partition coefficient (Wildman–Crippen LogP) is 7.69. The highest BCUT2D eigenvalue weighted by atomic mass is 19.1. The van der Waals surface area contributed by atoms with Gasteiger partial charge >= 0.3 is 0 Å². The quantitative estimate of drug-likeness (QED) is 0.226. The molecule has 1 aliphatic rings. The van der Waals surface area contributed by atoms with Gasteiger partial charge in [0.2, 0.25) is 0 Å². The molecule has 0 amide bonds. The van der Waals surface area contributed by atoms with E-state index in [2.05, 4.69) is 67.3 Å². The number of ether oxygens (including phenoxy) is 1. The fourth-order valence-corrected chi connectivity index (χ4v) is 5.37. The molecule has 0 spiro atoms. The number of aromatic nitrogens is 1. The molecule has 4 aromatic rings. The van der Waals surface area contributed by atoms with Crippen molar-refractivity contribution in [1.29, 1.82) is 0 Å². The lowest BCUT2D eigenvalue weighted by Crippen LogP contribution is -2.28. The van der Waals surface area contributed by atoms with E-state index in [1.165, 1.54) is 17.7 Å². The molecule has 2 heterocycles. The summed E-state index contributed by atoms with van der Waals surface area (Å²) >= 11 is 0. The number of halogens is 1. The van der Waals surface area contributed by atoms with Crippen LogP contribution in [0.3, 0.4) is 0 Å². The van der Waals surface area contributed by atoms with Gasteiger partial charge in [-0.15, -0.1) is 0 Å². The van der Waals surface area contributed by atoms with Crippen LogP contribution in [0.15, 0.2) is 89.1 Å². The van der Waals surface area contributed by atoms with Crippen molar-refractivity contribution >= 4 is 22.8 Å². The zero-order valence-corrected chi connectivity index (χ0v) is 25.0. The Balaban J connectivity index is 1.50. The Morgan fingerprint density at radius 2 is 1.74 bits per heavy atom. The molecule has 0 saturated heterocycles. The zero-order valence-electron chi connectivity index (χ0n) is 25.0. The minimum atomic E-state index is -0.798. The second-order valence-electron chi connectivity index (χ2n) is 12.6. The first-order valence-electron chi connectivity index (χ1n) is 14.4. The van der Waals surface area contributed by atoms with Gasteiger partial charge in [0.1, 0.15) is 18.2 Å². The average Bonchev–Trinajstić information content (AvgIpc) is 2.95. The van der Waals surface area contributed by atoms with Crippen LogP contribution < -0.4 is 4.74 Å². The summed E-state index contributed by atoms with van der Waals surface area (Å²) in [5.41, 5.74) is 4.93. The fraction of sp³-hybridized carbons (Fsp3) is 0.343. The Morgan fingerprint density at radius 1 is 0.952 bits per heavy atom. The first-order valence-corrected chi connectivity index (χ1v) is 14.4. The number of rotatable bonds is 9. The van der Waals surface area contributed by atoms with Crippen molar-refractivity contribution in [3.63, 3.8) is 0 Å². The second-order valence-corrected chi connectivity index (χ2v) is 12.6. The molecule has 1 unspecified atom stereocenters. The van der Waals surface area contributed by atoms with Gasteiger partial charge < -0.3 is 9.84 Å². The summed E-state index contributed by atoms with van der Waals surface area (Å²) in [5, 5.41) is 22.0. The molecular weight excluding hydrogens is 527 g/mol. The number of nitrogens with zero attached hydrogens (tertiary/aromatic N) is 4. The molecule has 1 atom stereocenters. The van der Waals surface area contributed by atoms with Gasteiger partial charge in [0.15, 0.2) is 0 Å². The van der Waals surface area contributed by atoms with Crippen LogP contribution in [0.25, 0.3) is 10.9 Å². The molecule has 0 fully saturated rings. The zero-order chi connectivity index (χ0) is 29.9. The molecule has 1 N–H and O–H groups in total. The first-order chi connectivity index (χ1) is 20.0. The summed E-state index contributed by atoms with van der Waals surface area (Å²) in [4.78, 5) is 4.66. The highest BCUT2D eigenvalue weighted by Gasteiger charge is 2.31. The van der Waals surface area contributed by atoms with E-state index < -0.39 is 5.60 Å². The first kappa shape index (κ1) is 29.4. The van der Waals surface area contributed by atoms with Gasteiger partial charge in [-0.3, -0.25) is 0 Å². The van der Waals surface area contributed by atoms with Crippen molar-refractivity contribution in [3.8, 4) is 5.75 Å². The number of fused-ring (bicyclic) bond motifs is 1. The highest BCUT2D eigenvalue weighted by molar-refractivity contribution is 6.09. The van der Waals surface area contributed by atoms with Gasteiger partial charge in [-0.1, -0.05) is 57.2 Å². The van der Waals surface area contributed by atoms with E-state index in [4.69, 9.17) is 9.84 Å². The van der Waals surface area contributed by atoms with Crippen LogP contribution in [0.5, 0.6) is 5.75 Å². The molecule has 0 aliphatic carbocycles. The van der Waals surface area contributed by atoms with Gasteiger partial charge in [0, 0.05) is 29.5 Å². The third-order valence-electron chi connectivity index (χ3n) is 7.40. The maximum Gasteiger partial charge on any atom is 0.130 e. The van der Waals surface area contributed by atoms with Crippen molar-refractivity contribution in [3.05, 3.63) is 107 Å². The Labute approximate surface area is 247 Å². The molecule has 1 aliphatic heterocycles. The van der Waals surface area contributed by atoms with Gasteiger partial charge in [-0.05, 0) is 79.3 Å². The number of hydrazone groups is 2. The maximum atomic E-state index is 13.6. The summed E-state index contributed by atoms with van der Waals surface area (Å²) in [6.45, 7) is 11.2. The SMILES string of the molecule is CC(C)(O)CCN1N=CCC(c2ccc(OCc3ccc4cc(F)ccc4n3)cc2C(c2ccccc2)C(C)(C)C)=N1. The van der Waals surface area contributed by atoms with Gasteiger partial charge in [-0.2, -0.15) is 15.3 Å². The van der Waals surface area contributed by atoms with E-state index >= 15 is 0 Å². The highest BCUT2D eigenvalue weighted by Crippen LogP contribution is 2.43. The Morgan fingerprint density at radius 3 is 2.48 bits per heavy atom. The van der Waals surface area contributed by atoms with Crippen LogP contribution >= 0.6 is 0 Å². The minimum absolute atomic E-state index is 0.0670. The number of pyridine rings is 1. The van der Waals surface area contributed by atoms with Gasteiger partial charge in [-0.25, -0.2) is 9.37 Å². The topological polar surface area (TPSA) is 70.3 Å². The third-order valence-corrected chi connectivity index (χ3v) is 7.40. The van der Waals surface area contributed by atoms with Crippen molar-refractivity contribution < 1.29 is 14.2 Å². The molecule has 7 heteroatoms. The molecule has 6 nitrogen and oxygen atoms in total. The smallest absolute Gasteiger partial charge is 0.130 e. The predicted molar refractivity (Wildman–Crippen MR) is 167 cm³/mol. The Hall–Kier alpha value is -4.10. The normalized spacial score (nSPS) is 14.6. The molecule has 42 heavy (non-hydrogen) atoms. The molecular formula is C35H39FN4O2. The Kier molecular flexibility index (Phi) is 8.41. The lowest BCUT2D eigenvalue weighted by Gasteiger charge is -2.34. The largest absolute Gasteiger partial charge is 0.487 e. The van der Waals surface area contributed by atoms with Gasteiger partial charge in [0.25, 0.3) is 0 Å². The lowest BCUT2D eigenvalue weighted by molar-refractivity contribution is 0.0582. The number of hydrogen-bond donors (Lipinski definition) is 1. The van der Waals surface area contributed by atoms with Crippen LogP contribution in [-0.2, 0) is 6.61 Å². The van der Waals surface area contributed by atoms with Crippen molar-refractivity contribution in [2.75, 3.05) is 6.54 Å². The van der Waals surface area contributed by atoms with Crippen LogP contribution in [0.4, 0.5) is 4.39 Å². The summed E-state index contributed by atoms with van der Waals surface area (Å²) in [6, 6.07) is 25.1. The van der Waals surface area contributed by atoms with E-state index in [1.807, 2.05) is 30.5 Å². The van der Waals surface area contributed by atoms with Crippen LogP contribution in [0.1, 0.15) is 75.8 Å². The number of aliphatic hydroxyl groups is 1. The van der Waals surface area contributed by atoms with Crippen molar-refractivity contribution in [1.82, 2.24) is 10.1 Å². The molecule has 5 rings (SSSR count). The van der Waals surface area contributed by atoms with E-state index in [-0.39, 0.29) is 23.8 Å². The van der Waals surface area contributed by atoms with Gasteiger partial charge in [0.05, 0.1) is 29.1 Å². The van der Waals surface area contributed by atoms with Crippen LogP contribution in [-0.4, -0.2) is 39.3 Å². The molecule has 0 saturated carbocycles. The van der Waals surface area contributed by atoms with E-state index in [9.17, 15) is 9.50 Å². The monoisotopic (exact) mass is 566 g/mol. The van der Waals surface area contributed by atoms with Crippen molar-refractivity contribution in [2.24, 2.45) is 15.6 Å². The summed E-state index contributed by atoms with van der Waals surface area (Å²) in [5.74, 6) is 0.531. The van der Waals surface area contributed by atoms with E-state index in [0.717, 1.165) is 39.2 Å². The Bertz CT molecular complexity index is 1600. The minimum Gasteiger partial charge on any atom is -0.487 e. The second kappa shape index (κ2) is 12.0. The van der Waals surface area contributed by atoms with Crippen LogP contribution in [0, 0.1) is 11.2 Å². The molecule has 0 bridgehead atoms. The molecule has 1 aromatic heterocycles. The number of benzene rings is 3. The van der Waals surface area contributed by atoms with E-state index in [0.29, 0.717) is 19.4 Å². The fourth-order valence-electron chi connectivity index (χ4n) is 5.37. The maximum absolute atomic E-state index is 13.6. The molecule has 0 radical (unpaired) electrons. The summed E-state index contributed by atoms with van der Waals surface area (Å²) in [6.07, 6.45) is 3.04. The molecule has 3 aromatic carbocycles. The standard InChI is InChI=1S/C35H39FN4O2/c1-34(2,3)33(24-9-7-6-8-10-24)30-22-28(42-23-27-13-11-25-21-26(36)12-16-31(25)38-27)14-15-29(30)32-17-19-37-40(39-32)20-18-35(4,5)41/h6-16,19,21-22,33,41H,17-18,20,23H2,1-5H3. The lowest BCUT2D eigenvalue weighted by atomic mass is 9.71. The summed E-state index contributed by atoms with van der Waals surface area (Å²) < 4.78 is 19.9. The molecule has 218 valence electrons. The van der Waals surface area contributed by atoms with Crippen molar-refractivity contribution in [2.45, 2.75) is 65.6 Å². The average molecular weight is 567 g/mol. The third kappa shape index (κ3) is 7.21. The summed E-state index contributed by atoms with van der Waals surface area (Å²) in [7, 11) is 0. The number of hydrogen-bond acceptors (Lipinski definition) is 6. The van der Waals surface area contributed by atoms with E-state index in [1.54, 1.807) is 25.0 Å². The van der Waals surface area contributed by atoms with Crippen LogP contribution in [0.2, 0.25) is 0 Å².